The van der Waals surface area contributed by atoms with Gasteiger partial charge in [0, 0.05) is 46.3 Å². The van der Waals surface area contributed by atoms with Crippen LogP contribution in [0.25, 0.3) is 0 Å². The van der Waals surface area contributed by atoms with Gasteiger partial charge in [-0.05, 0) is 29.8 Å². The largest absolute Gasteiger partial charge is 0.341 e. The molecule has 1 saturated heterocycles. The van der Waals surface area contributed by atoms with Gasteiger partial charge in [0.2, 0.25) is 5.91 Å². The van der Waals surface area contributed by atoms with Crippen molar-refractivity contribution in [3.05, 3.63) is 76.2 Å². The van der Waals surface area contributed by atoms with Crippen molar-refractivity contribution < 1.29 is 9.59 Å². The molecule has 4 rings (SSSR count). The molecule has 31 heavy (non-hydrogen) atoms. The van der Waals surface area contributed by atoms with Gasteiger partial charge in [-0.1, -0.05) is 24.3 Å². The molecule has 0 unspecified atom stereocenters. The highest BCUT2D eigenvalue weighted by molar-refractivity contribution is 7.99. The molecular formula is C23H23N3O2S3. The van der Waals surface area contributed by atoms with Crippen molar-refractivity contribution in [2.24, 2.45) is 0 Å². The van der Waals surface area contributed by atoms with Gasteiger partial charge in [-0.15, -0.1) is 23.1 Å². The summed E-state index contributed by atoms with van der Waals surface area (Å²) in [6, 6.07) is 15.1. The summed E-state index contributed by atoms with van der Waals surface area (Å²) >= 11 is 5.07. The maximum Gasteiger partial charge on any atom is 0.256 e. The van der Waals surface area contributed by atoms with Crippen LogP contribution in [-0.2, 0) is 17.0 Å². The number of anilines is 1. The molecule has 1 aromatic heterocycles. The molecule has 2 aromatic carbocycles. The van der Waals surface area contributed by atoms with Gasteiger partial charge in [-0.25, -0.2) is 4.98 Å². The van der Waals surface area contributed by atoms with E-state index in [0.717, 1.165) is 52.2 Å². The lowest BCUT2D eigenvalue weighted by Gasteiger charge is -2.26. The molecule has 1 fully saturated rings. The summed E-state index contributed by atoms with van der Waals surface area (Å²) in [5, 5.41) is 4.99. The number of thiazole rings is 1. The minimum absolute atomic E-state index is 0.143. The maximum absolute atomic E-state index is 12.9. The molecule has 1 aliphatic heterocycles. The van der Waals surface area contributed by atoms with Gasteiger partial charge in [0.05, 0.1) is 23.2 Å². The number of amides is 2. The third kappa shape index (κ3) is 6.12. The van der Waals surface area contributed by atoms with Crippen LogP contribution in [0, 0.1) is 0 Å². The first-order valence-corrected chi connectivity index (χ1v) is 13.1. The van der Waals surface area contributed by atoms with Gasteiger partial charge >= 0.3 is 0 Å². The maximum atomic E-state index is 12.9. The predicted octanol–water partition coefficient (Wildman–Crippen LogP) is 4.81. The Balaban J connectivity index is 1.36. The van der Waals surface area contributed by atoms with Crippen molar-refractivity contribution >= 4 is 52.4 Å². The highest BCUT2D eigenvalue weighted by Gasteiger charge is 2.17. The summed E-state index contributed by atoms with van der Waals surface area (Å²) in [7, 11) is 0. The molecule has 1 N–H and O–H groups in total. The molecule has 2 heterocycles. The first-order chi connectivity index (χ1) is 15.2. The summed E-state index contributed by atoms with van der Waals surface area (Å²) < 4.78 is 0. The normalized spacial score (nSPS) is 13.7. The second kappa shape index (κ2) is 10.8. The zero-order valence-corrected chi connectivity index (χ0v) is 19.4. The van der Waals surface area contributed by atoms with E-state index in [1.54, 1.807) is 23.1 Å². The lowest BCUT2D eigenvalue weighted by molar-refractivity contribution is -0.130. The monoisotopic (exact) mass is 469 g/mol. The first kappa shape index (κ1) is 21.9. The summed E-state index contributed by atoms with van der Waals surface area (Å²) in [5.74, 6) is 2.78. The quantitative estimate of drug-likeness (QED) is 0.504. The molecule has 1 aliphatic rings. The Morgan fingerprint density at radius 2 is 1.84 bits per heavy atom. The van der Waals surface area contributed by atoms with E-state index in [1.807, 2.05) is 76.1 Å². The van der Waals surface area contributed by atoms with Crippen molar-refractivity contribution in [2.45, 2.75) is 17.1 Å². The van der Waals surface area contributed by atoms with Crippen molar-refractivity contribution in [2.75, 3.05) is 29.9 Å². The summed E-state index contributed by atoms with van der Waals surface area (Å²) in [4.78, 5) is 32.5. The lowest BCUT2D eigenvalue weighted by atomic mass is 10.1. The van der Waals surface area contributed by atoms with Gasteiger partial charge in [0.15, 0.2) is 0 Å². The molecule has 0 spiro atoms. The van der Waals surface area contributed by atoms with Gasteiger partial charge < -0.3 is 10.2 Å². The standard InChI is InChI=1S/C23H23N3O2S3/c27-22(26-9-11-29-12-10-26)13-17-5-7-18(8-6-17)25-23(28)20-3-1-2-4-21(20)31-15-19-14-30-16-24-19/h1-8,14,16H,9-13,15H2,(H,25,28). The van der Waals surface area contributed by atoms with Crippen LogP contribution in [0.1, 0.15) is 21.6 Å². The minimum Gasteiger partial charge on any atom is -0.341 e. The molecule has 0 aliphatic carbocycles. The number of thioether (sulfide) groups is 2. The predicted molar refractivity (Wildman–Crippen MR) is 130 cm³/mol. The third-order valence-corrected chi connectivity index (χ3v) is 7.61. The highest BCUT2D eigenvalue weighted by Crippen LogP contribution is 2.27. The average Bonchev–Trinajstić information content (AvgIpc) is 3.33. The number of aromatic nitrogens is 1. The van der Waals surface area contributed by atoms with Crippen LogP contribution in [0.3, 0.4) is 0 Å². The van der Waals surface area contributed by atoms with Crippen LogP contribution in [0.5, 0.6) is 0 Å². The number of carbonyl (C=O) groups excluding carboxylic acids is 2. The van der Waals surface area contributed by atoms with E-state index in [4.69, 9.17) is 0 Å². The van der Waals surface area contributed by atoms with E-state index in [9.17, 15) is 9.59 Å². The molecule has 8 heteroatoms. The topological polar surface area (TPSA) is 62.3 Å². The van der Waals surface area contributed by atoms with Crippen molar-refractivity contribution in [3.8, 4) is 0 Å². The Kier molecular flexibility index (Phi) is 7.66. The van der Waals surface area contributed by atoms with Crippen LogP contribution in [0.4, 0.5) is 5.69 Å². The Labute approximate surface area is 194 Å². The molecule has 5 nitrogen and oxygen atoms in total. The van der Waals surface area contributed by atoms with Gasteiger partial charge in [-0.3, -0.25) is 9.59 Å². The van der Waals surface area contributed by atoms with Crippen LogP contribution >= 0.6 is 34.9 Å². The smallest absolute Gasteiger partial charge is 0.256 e. The van der Waals surface area contributed by atoms with Gasteiger partial charge in [0.1, 0.15) is 0 Å². The number of hydrogen-bond donors (Lipinski definition) is 1. The average molecular weight is 470 g/mol. The molecule has 160 valence electrons. The lowest BCUT2D eigenvalue weighted by Crippen LogP contribution is -2.38. The molecule has 2 amide bonds. The Morgan fingerprint density at radius 3 is 2.58 bits per heavy atom. The van der Waals surface area contributed by atoms with Crippen molar-refractivity contribution in [3.63, 3.8) is 0 Å². The zero-order valence-electron chi connectivity index (χ0n) is 17.0. The molecule has 0 atom stereocenters. The number of hydrogen-bond acceptors (Lipinski definition) is 6. The third-order valence-electron chi connectivity index (χ3n) is 4.92. The number of rotatable bonds is 7. The second-order valence-electron chi connectivity index (χ2n) is 7.09. The molecular weight excluding hydrogens is 446 g/mol. The number of benzene rings is 2. The number of carbonyl (C=O) groups is 2. The van der Waals surface area contributed by atoms with Crippen molar-refractivity contribution in [1.82, 2.24) is 9.88 Å². The number of nitrogens with one attached hydrogen (secondary N) is 1. The molecule has 3 aromatic rings. The van der Waals surface area contributed by atoms with E-state index in [1.165, 1.54) is 0 Å². The SMILES string of the molecule is O=C(Nc1ccc(CC(=O)N2CCSCC2)cc1)c1ccccc1SCc1cscn1. The Hall–Kier alpha value is -2.29. The van der Waals surface area contributed by atoms with Crippen LogP contribution < -0.4 is 5.32 Å². The molecule has 0 radical (unpaired) electrons. The second-order valence-corrected chi connectivity index (χ2v) is 10.0. The summed E-state index contributed by atoms with van der Waals surface area (Å²) in [5.41, 5.74) is 5.15. The fourth-order valence-electron chi connectivity index (χ4n) is 3.24. The van der Waals surface area contributed by atoms with E-state index in [-0.39, 0.29) is 11.8 Å². The van der Waals surface area contributed by atoms with Crippen LogP contribution in [0.2, 0.25) is 0 Å². The Morgan fingerprint density at radius 1 is 1.06 bits per heavy atom. The summed E-state index contributed by atoms with van der Waals surface area (Å²) in [6.45, 7) is 1.66. The van der Waals surface area contributed by atoms with Crippen molar-refractivity contribution in [1.29, 1.82) is 0 Å². The van der Waals surface area contributed by atoms with Crippen LogP contribution in [-0.4, -0.2) is 46.3 Å². The van der Waals surface area contributed by atoms with Gasteiger partial charge in [0.25, 0.3) is 5.91 Å². The van der Waals surface area contributed by atoms with E-state index in [0.29, 0.717) is 12.0 Å². The van der Waals surface area contributed by atoms with Gasteiger partial charge in [-0.2, -0.15) is 11.8 Å². The van der Waals surface area contributed by atoms with E-state index in [2.05, 4.69) is 10.3 Å². The molecule has 0 bridgehead atoms. The fourth-order valence-corrected chi connectivity index (χ4v) is 5.76. The first-order valence-electron chi connectivity index (χ1n) is 10.0. The highest BCUT2D eigenvalue weighted by atomic mass is 32.2. The molecule has 0 saturated carbocycles. The number of nitrogens with zero attached hydrogens (tertiary/aromatic N) is 2. The van der Waals surface area contributed by atoms with E-state index >= 15 is 0 Å². The minimum atomic E-state index is -0.143. The van der Waals surface area contributed by atoms with E-state index < -0.39 is 0 Å². The zero-order chi connectivity index (χ0) is 21.5. The Bertz CT molecular complexity index is 1020. The summed E-state index contributed by atoms with van der Waals surface area (Å²) in [6.07, 6.45) is 0.398. The fraction of sp³-hybridized carbons (Fsp3) is 0.261. The van der Waals surface area contributed by atoms with Crippen LogP contribution in [0.15, 0.2) is 64.3 Å².